The molecule has 0 saturated carbocycles. The van der Waals surface area contributed by atoms with E-state index in [9.17, 15) is 14.9 Å². The van der Waals surface area contributed by atoms with Crippen LogP contribution in [0.1, 0.15) is 29.8 Å². The number of hydrogen-bond donors (Lipinski definition) is 2. The van der Waals surface area contributed by atoms with E-state index in [-0.39, 0.29) is 29.4 Å². The Hall–Kier alpha value is -2.48. The number of H-pyrrole nitrogens is 1. The van der Waals surface area contributed by atoms with E-state index in [4.69, 9.17) is 0 Å². The first-order valence-electron chi connectivity index (χ1n) is 7.81. The van der Waals surface area contributed by atoms with E-state index < -0.39 is 4.92 Å². The van der Waals surface area contributed by atoms with Gasteiger partial charge in [0.15, 0.2) is 5.69 Å². The summed E-state index contributed by atoms with van der Waals surface area (Å²) in [6.45, 7) is 1.71. The van der Waals surface area contributed by atoms with E-state index in [0.717, 1.165) is 32.4 Å². The van der Waals surface area contributed by atoms with Crippen molar-refractivity contribution in [3.63, 3.8) is 0 Å². The molecule has 120 valence electrons. The Kier molecular flexibility index (Phi) is 3.26. The molecule has 8 heteroatoms. The van der Waals surface area contributed by atoms with Gasteiger partial charge >= 0.3 is 0 Å². The number of carbonyl (C=O) groups is 1. The van der Waals surface area contributed by atoms with Crippen molar-refractivity contribution in [1.82, 2.24) is 20.4 Å². The Labute approximate surface area is 132 Å². The number of nitro groups is 1. The number of nitro benzene ring substituents is 1. The minimum absolute atomic E-state index is 0.0338. The number of carbonyl (C=O) groups excluding carboxylic acids is 1. The molecule has 0 radical (unpaired) electrons. The first kappa shape index (κ1) is 14.1. The zero-order valence-corrected chi connectivity index (χ0v) is 12.5. The van der Waals surface area contributed by atoms with Crippen LogP contribution in [0.15, 0.2) is 18.2 Å². The maximum Gasteiger partial charge on any atom is 0.275 e. The molecule has 8 nitrogen and oxygen atoms in total. The average Bonchev–Trinajstić information content (AvgIpc) is 3.05. The number of aromatic amines is 1. The molecule has 2 fully saturated rings. The largest absolute Gasteiger partial charge is 0.330 e. The summed E-state index contributed by atoms with van der Waals surface area (Å²) in [5.74, 6) is -0.132. The van der Waals surface area contributed by atoms with Crippen LogP contribution in [-0.4, -0.2) is 51.1 Å². The number of nitrogens with zero attached hydrogens (tertiary/aromatic N) is 3. The highest BCUT2D eigenvalue weighted by atomic mass is 16.6. The number of non-ortho nitro benzene ring substituents is 1. The second-order valence-corrected chi connectivity index (χ2v) is 6.15. The Balaban J connectivity index is 1.75. The van der Waals surface area contributed by atoms with Crippen molar-refractivity contribution in [3.8, 4) is 0 Å². The molecule has 2 aromatic rings. The Bertz CT molecular complexity index is 773. The number of hydrogen-bond acceptors (Lipinski definition) is 5. The van der Waals surface area contributed by atoms with Gasteiger partial charge in [-0.15, -0.1) is 0 Å². The standard InChI is InChI=1S/C15H17N5O3/c21-15(19-9-1-2-11(19)8-16-6-5-9)14-12-7-10(20(22)23)3-4-13(12)17-18-14/h3-4,7,9,11,16H,1-2,5-6,8H2,(H,17,18). The summed E-state index contributed by atoms with van der Waals surface area (Å²) in [5, 5.41) is 21.8. The Morgan fingerprint density at radius 2 is 2.13 bits per heavy atom. The molecule has 2 aliphatic rings. The van der Waals surface area contributed by atoms with Gasteiger partial charge in [0.25, 0.3) is 11.6 Å². The quantitative estimate of drug-likeness (QED) is 0.644. The van der Waals surface area contributed by atoms with Gasteiger partial charge in [0.05, 0.1) is 10.4 Å². The first-order valence-corrected chi connectivity index (χ1v) is 7.81. The first-order chi connectivity index (χ1) is 11.1. The molecule has 1 amide bonds. The predicted octanol–water partition coefficient (Wildman–Crippen LogP) is 1.44. The molecule has 2 aliphatic heterocycles. The van der Waals surface area contributed by atoms with E-state index >= 15 is 0 Å². The van der Waals surface area contributed by atoms with Gasteiger partial charge in [-0.25, -0.2) is 0 Å². The van der Waals surface area contributed by atoms with Crippen LogP contribution in [0, 0.1) is 10.1 Å². The highest BCUT2D eigenvalue weighted by Crippen LogP contribution is 2.31. The molecule has 4 rings (SSSR count). The van der Waals surface area contributed by atoms with Crippen molar-refractivity contribution >= 4 is 22.5 Å². The second kappa shape index (κ2) is 5.31. The third kappa shape index (κ3) is 2.26. The lowest BCUT2D eigenvalue weighted by atomic mass is 10.1. The number of benzene rings is 1. The molecule has 2 atom stereocenters. The SMILES string of the molecule is O=C(c1n[nH]c2ccc([N+](=O)[O-])cc12)N1C2CCNCC1CC2. The molecule has 3 heterocycles. The molecule has 2 N–H and O–H groups in total. The van der Waals surface area contributed by atoms with Gasteiger partial charge in [-0.1, -0.05) is 0 Å². The van der Waals surface area contributed by atoms with Crippen LogP contribution in [0.3, 0.4) is 0 Å². The molecule has 23 heavy (non-hydrogen) atoms. The fraction of sp³-hybridized carbons (Fsp3) is 0.467. The van der Waals surface area contributed by atoms with Gasteiger partial charge in [-0.2, -0.15) is 5.10 Å². The van der Waals surface area contributed by atoms with Crippen LogP contribution < -0.4 is 5.32 Å². The summed E-state index contributed by atoms with van der Waals surface area (Å²) >= 11 is 0. The molecule has 1 aromatic heterocycles. The van der Waals surface area contributed by atoms with E-state index in [1.807, 2.05) is 4.90 Å². The topological polar surface area (TPSA) is 104 Å². The van der Waals surface area contributed by atoms with Gasteiger partial charge in [0, 0.05) is 36.1 Å². The smallest absolute Gasteiger partial charge is 0.275 e. The number of fused-ring (bicyclic) bond motifs is 3. The fourth-order valence-corrected chi connectivity index (χ4v) is 3.71. The lowest BCUT2D eigenvalue weighted by Crippen LogP contribution is -2.42. The van der Waals surface area contributed by atoms with Gasteiger partial charge in [0.1, 0.15) is 0 Å². The van der Waals surface area contributed by atoms with E-state index in [1.165, 1.54) is 12.1 Å². The second-order valence-electron chi connectivity index (χ2n) is 6.15. The maximum atomic E-state index is 13.0. The molecule has 2 unspecified atom stereocenters. The van der Waals surface area contributed by atoms with Crippen LogP contribution >= 0.6 is 0 Å². The maximum absolute atomic E-state index is 13.0. The number of rotatable bonds is 2. The lowest BCUT2D eigenvalue weighted by Gasteiger charge is -2.27. The Morgan fingerprint density at radius 1 is 1.30 bits per heavy atom. The van der Waals surface area contributed by atoms with Crippen molar-refractivity contribution in [2.24, 2.45) is 0 Å². The molecular formula is C15H17N5O3. The average molecular weight is 315 g/mol. The minimum atomic E-state index is -0.458. The molecule has 1 aromatic carbocycles. The van der Waals surface area contributed by atoms with Gasteiger partial charge in [0.2, 0.25) is 0 Å². The molecular weight excluding hydrogens is 298 g/mol. The minimum Gasteiger partial charge on any atom is -0.330 e. The Morgan fingerprint density at radius 3 is 2.96 bits per heavy atom. The third-order valence-electron chi connectivity index (χ3n) is 4.85. The van der Waals surface area contributed by atoms with Gasteiger partial charge < -0.3 is 10.2 Å². The monoisotopic (exact) mass is 315 g/mol. The zero-order valence-electron chi connectivity index (χ0n) is 12.5. The summed E-state index contributed by atoms with van der Waals surface area (Å²) in [6, 6.07) is 4.84. The zero-order chi connectivity index (χ0) is 16.0. The van der Waals surface area contributed by atoms with E-state index in [0.29, 0.717) is 10.9 Å². The highest BCUT2D eigenvalue weighted by Gasteiger charge is 2.39. The van der Waals surface area contributed by atoms with E-state index in [1.54, 1.807) is 6.07 Å². The molecule has 2 bridgehead atoms. The summed E-state index contributed by atoms with van der Waals surface area (Å²) in [7, 11) is 0. The molecule has 0 spiro atoms. The lowest BCUT2D eigenvalue weighted by molar-refractivity contribution is -0.384. The number of aromatic nitrogens is 2. The van der Waals surface area contributed by atoms with Gasteiger partial charge in [-0.3, -0.25) is 20.0 Å². The van der Waals surface area contributed by atoms with Crippen molar-refractivity contribution in [2.45, 2.75) is 31.3 Å². The summed E-state index contributed by atoms with van der Waals surface area (Å²) in [6.07, 6.45) is 2.94. The van der Waals surface area contributed by atoms with Crippen LogP contribution in [0.4, 0.5) is 5.69 Å². The molecule has 2 saturated heterocycles. The van der Waals surface area contributed by atoms with Crippen LogP contribution in [-0.2, 0) is 0 Å². The van der Waals surface area contributed by atoms with E-state index in [2.05, 4.69) is 15.5 Å². The van der Waals surface area contributed by atoms with Crippen LogP contribution in [0.5, 0.6) is 0 Å². The van der Waals surface area contributed by atoms with Crippen LogP contribution in [0.2, 0.25) is 0 Å². The van der Waals surface area contributed by atoms with Crippen LogP contribution in [0.25, 0.3) is 10.9 Å². The highest BCUT2D eigenvalue weighted by molar-refractivity contribution is 6.05. The van der Waals surface area contributed by atoms with Crippen molar-refractivity contribution in [2.75, 3.05) is 13.1 Å². The van der Waals surface area contributed by atoms with Crippen molar-refractivity contribution < 1.29 is 9.72 Å². The summed E-state index contributed by atoms with van der Waals surface area (Å²) < 4.78 is 0. The fourth-order valence-electron chi connectivity index (χ4n) is 3.71. The predicted molar refractivity (Wildman–Crippen MR) is 83.2 cm³/mol. The van der Waals surface area contributed by atoms with Crippen molar-refractivity contribution in [3.05, 3.63) is 34.0 Å². The normalized spacial score (nSPS) is 23.9. The third-order valence-corrected chi connectivity index (χ3v) is 4.85. The van der Waals surface area contributed by atoms with Crippen molar-refractivity contribution in [1.29, 1.82) is 0 Å². The number of amides is 1. The summed E-state index contributed by atoms with van der Waals surface area (Å²) in [4.78, 5) is 25.5. The number of nitrogens with one attached hydrogen (secondary N) is 2. The molecule has 0 aliphatic carbocycles. The van der Waals surface area contributed by atoms with Gasteiger partial charge in [-0.05, 0) is 31.9 Å². The summed E-state index contributed by atoms with van der Waals surface area (Å²) in [5.41, 5.74) is 0.884.